The first-order valence-corrected chi connectivity index (χ1v) is 6.67. The highest BCUT2D eigenvalue weighted by atomic mass is 16.2. The van der Waals surface area contributed by atoms with Gasteiger partial charge in [0.05, 0.1) is 0 Å². The van der Waals surface area contributed by atoms with Crippen LogP contribution in [0.2, 0.25) is 0 Å². The Kier molecular flexibility index (Phi) is 4.34. The number of benzene rings is 1. The van der Waals surface area contributed by atoms with Gasteiger partial charge >= 0.3 is 0 Å². The van der Waals surface area contributed by atoms with Crippen LogP contribution in [0, 0.1) is 17.3 Å². The Bertz CT molecular complexity index is 674. The maximum Gasteiger partial charge on any atom is 0.230 e. The van der Waals surface area contributed by atoms with Crippen molar-refractivity contribution in [1.82, 2.24) is 10.2 Å². The number of hydrogen-bond donors (Lipinski definition) is 1. The lowest BCUT2D eigenvalue weighted by atomic mass is 9.96. The van der Waals surface area contributed by atoms with E-state index in [1.54, 1.807) is 12.1 Å². The third kappa shape index (κ3) is 4.43. The van der Waals surface area contributed by atoms with Crippen molar-refractivity contribution in [3.8, 4) is 11.8 Å². The van der Waals surface area contributed by atoms with Gasteiger partial charge in [-0.2, -0.15) is 0 Å². The standard InChI is InChI=1S/C17H17N3O/c1-17(2,3)16(21)18-15-12-11-14(19-20-15)10-9-13-7-5-4-6-8-13/h4-8,11-12H,1-3H3,(H,18,20,21). The highest BCUT2D eigenvalue weighted by Gasteiger charge is 2.21. The van der Waals surface area contributed by atoms with Gasteiger partial charge < -0.3 is 5.32 Å². The summed E-state index contributed by atoms with van der Waals surface area (Å²) in [5.41, 5.74) is 1.02. The SMILES string of the molecule is CC(C)(C)C(=O)Nc1ccc(C#Cc2ccccc2)nn1. The molecular formula is C17H17N3O. The van der Waals surface area contributed by atoms with E-state index < -0.39 is 5.41 Å². The maximum atomic E-state index is 11.8. The van der Waals surface area contributed by atoms with Crippen LogP contribution < -0.4 is 5.32 Å². The number of carbonyl (C=O) groups is 1. The lowest BCUT2D eigenvalue weighted by molar-refractivity contribution is -0.123. The summed E-state index contributed by atoms with van der Waals surface area (Å²) < 4.78 is 0. The number of anilines is 1. The number of amides is 1. The van der Waals surface area contributed by atoms with Crippen molar-refractivity contribution >= 4 is 11.7 Å². The zero-order valence-corrected chi connectivity index (χ0v) is 12.3. The van der Waals surface area contributed by atoms with Gasteiger partial charge in [0, 0.05) is 11.0 Å². The quantitative estimate of drug-likeness (QED) is 0.817. The van der Waals surface area contributed by atoms with Crippen LogP contribution in [-0.4, -0.2) is 16.1 Å². The fourth-order valence-corrected chi connectivity index (χ4v) is 1.43. The minimum atomic E-state index is -0.465. The van der Waals surface area contributed by atoms with Crippen LogP contribution in [0.1, 0.15) is 32.0 Å². The van der Waals surface area contributed by atoms with Crippen molar-refractivity contribution in [2.45, 2.75) is 20.8 Å². The predicted molar refractivity (Wildman–Crippen MR) is 82.5 cm³/mol. The predicted octanol–water partition coefficient (Wildman–Crippen LogP) is 2.86. The van der Waals surface area contributed by atoms with Gasteiger partial charge in [-0.15, -0.1) is 10.2 Å². The van der Waals surface area contributed by atoms with Crippen LogP contribution in [0.5, 0.6) is 0 Å². The van der Waals surface area contributed by atoms with E-state index in [2.05, 4.69) is 27.4 Å². The van der Waals surface area contributed by atoms with Crippen LogP contribution in [-0.2, 0) is 4.79 Å². The van der Waals surface area contributed by atoms with Crippen molar-refractivity contribution < 1.29 is 4.79 Å². The molecule has 4 nitrogen and oxygen atoms in total. The summed E-state index contributed by atoms with van der Waals surface area (Å²) in [4.78, 5) is 11.8. The molecule has 21 heavy (non-hydrogen) atoms. The van der Waals surface area contributed by atoms with Crippen LogP contribution in [0.3, 0.4) is 0 Å². The van der Waals surface area contributed by atoms with E-state index in [9.17, 15) is 4.79 Å². The maximum absolute atomic E-state index is 11.8. The molecule has 0 aliphatic heterocycles. The summed E-state index contributed by atoms with van der Waals surface area (Å²) in [6.45, 7) is 5.53. The molecule has 1 amide bonds. The van der Waals surface area contributed by atoms with E-state index in [0.717, 1.165) is 5.56 Å². The minimum Gasteiger partial charge on any atom is -0.309 e. The Morgan fingerprint density at radius 1 is 1.00 bits per heavy atom. The van der Waals surface area contributed by atoms with E-state index in [-0.39, 0.29) is 5.91 Å². The monoisotopic (exact) mass is 279 g/mol. The molecule has 0 saturated heterocycles. The van der Waals surface area contributed by atoms with Crippen LogP contribution in [0.4, 0.5) is 5.82 Å². The number of nitrogens with one attached hydrogen (secondary N) is 1. The largest absolute Gasteiger partial charge is 0.309 e. The molecule has 106 valence electrons. The molecule has 0 radical (unpaired) electrons. The van der Waals surface area contributed by atoms with Gasteiger partial charge in [0.15, 0.2) is 5.82 Å². The van der Waals surface area contributed by atoms with Gasteiger partial charge in [-0.3, -0.25) is 4.79 Å². The van der Waals surface area contributed by atoms with Gasteiger partial charge in [0.25, 0.3) is 0 Å². The molecule has 1 N–H and O–H groups in total. The molecule has 0 bridgehead atoms. The molecule has 4 heteroatoms. The zero-order valence-electron chi connectivity index (χ0n) is 12.3. The summed E-state index contributed by atoms with van der Waals surface area (Å²) in [6.07, 6.45) is 0. The summed E-state index contributed by atoms with van der Waals surface area (Å²) >= 11 is 0. The average molecular weight is 279 g/mol. The Balaban J connectivity index is 2.07. The van der Waals surface area contributed by atoms with Crippen molar-refractivity contribution in [2.75, 3.05) is 5.32 Å². The Morgan fingerprint density at radius 3 is 2.29 bits per heavy atom. The van der Waals surface area contributed by atoms with E-state index in [4.69, 9.17) is 0 Å². The lowest BCUT2D eigenvalue weighted by Crippen LogP contribution is -2.28. The van der Waals surface area contributed by atoms with Crippen LogP contribution in [0.15, 0.2) is 42.5 Å². The lowest BCUT2D eigenvalue weighted by Gasteiger charge is -2.16. The Hall–Kier alpha value is -2.67. The molecule has 1 heterocycles. The van der Waals surface area contributed by atoms with Gasteiger partial charge in [-0.1, -0.05) is 44.9 Å². The molecule has 0 aliphatic rings. The second kappa shape index (κ2) is 6.19. The van der Waals surface area contributed by atoms with Crippen molar-refractivity contribution in [3.63, 3.8) is 0 Å². The molecule has 0 aliphatic carbocycles. The molecule has 0 unspecified atom stereocenters. The summed E-state index contributed by atoms with van der Waals surface area (Å²) in [5.74, 6) is 6.27. The molecule has 1 aromatic heterocycles. The third-order valence-electron chi connectivity index (χ3n) is 2.70. The number of rotatable bonds is 1. The highest BCUT2D eigenvalue weighted by molar-refractivity contribution is 5.93. The fourth-order valence-electron chi connectivity index (χ4n) is 1.43. The highest BCUT2D eigenvalue weighted by Crippen LogP contribution is 2.15. The van der Waals surface area contributed by atoms with Crippen molar-refractivity contribution in [1.29, 1.82) is 0 Å². The second-order valence-electron chi connectivity index (χ2n) is 5.62. The molecule has 1 aromatic carbocycles. The Morgan fingerprint density at radius 2 is 1.71 bits per heavy atom. The zero-order chi connectivity index (χ0) is 15.3. The number of aromatic nitrogens is 2. The fraction of sp³-hybridized carbons (Fsp3) is 0.235. The molecule has 2 rings (SSSR count). The van der Waals surface area contributed by atoms with Crippen molar-refractivity contribution in [3.05, 3.63) is 53.7 Å². The first kappa shape index (κ1) is 14.7. The molecule has 2 aromatic rings. The smallest absolute Gasteiger partial charge is 0.230 e. The number of nitrogens with zero attached hydrogens (tertiary/aromatic N) is 2. The second-order valence-corrected chi connectivity index (χ2v) is 5.62. The summed E-state index contributed by atoms with van der Waals surface area (Å²) in [5, 5.41) is 10.7. The first-order chi connectivity index (χ1) is 9.95. The average Bonchev–Trinajstić information content (AvgIpc) is 2.46. The van der Waals surface area contributed by atoms with Gasteiger partial charge in [0.1, 0.15) is 5.69 Å². The number of carbonyl (C=O) groups excluding carboxylic acids is 1. The molecule has 0 spiro atoms. The van der Waals surface area contributed by atoms with Gasteiger partial charge in [0.2, 0.25) is 5.91 Å². The van der Waals surface area contributed by atoms with E-state index >= 15 is 0 Å². The minimum absolute atomic E-state index is 0.0973. The van der Waals surface area contributed by atoms with Gasteiger partial charge in [-0.25, -0.2) is 0 Å². The van der Waals surface area contributed by atoms with Crippen LogP contribution in [0.25, 0.3) is 0 Å². The summed E-state index contributed by atoms with van der Waals surface area (Å²) in [6, 6.07) is 13.1. The Labute approximate surface area is 124 Å². The molecule has 0 saturated carbocycles. The first-order valence-electron chi connectivity index (χ1n) is 6.67. The summed E-state index contributed by atoms with van der Waals surface area (Å²) in [7, 11) is 0. The normalized spacial score (nSPS) is 10.4. The topological polar surface area (TPSA) is 54.9 Å². The van der Waals surface area contributed by atoms with Crippen LogP contribution >= 0.6 is 0 Å². The molecular weight excluding hydrogens is 262 g/mol. The molecule has 0 atom stereocenters. The third-order valence-corrected chi connectivity index (χ3v) is 2.70. The van der Waals surface area contributed by atoms with E-state index in [0.29, 0.717) is 11.5 Å². The number of hydrogen-bond acceptors (Lipinski definition) is 3. The van der Waals surface area contributed by atoms with E-state index in [1.165, 1.54) is 0 Å². The van der Waals surface area contributed by atoms with Gasteiger partial charge in [-0.05, 0) is 30.2 Å². The van der Waals surface area contributed by atoms with E-state index in [1.807, 2.05) is 51.1 Å². The van der Waals surface area contributed by atoms with Crippen molar-refractivity contribution in [2.24, 2.45) is 5.41 Å². The molecule has 0 fully saturated rings.